The summed E-state index contributed by atoms with van der Waals surface area (Å²) in [6, 6.07) is 0. The van der Waals surface area contributed by atoms with Crippen LogP contribution in [0, 0.1) is 0 Å². The van der Waals surface area contributed by atoms with Gasteiger partial charge in [-0.3, -0.25) is 38.4 Å². The van der Waals surface area contributed by atoms with Crippen molar-refractivity contribution in [3.63, 3.8) is 0 Å². The van der Waals surface area contributed by atoms with Crippen molar-refractivity contribution >= 4 is 46.3 Å². The Bertz CT molecular complexity index is 439. The zero-order valence-corrected chi connectivity index (χ0v) is 21.4. The van der Waals surface area contributed by atoms with Crippen LogP contribution in [0.5, 0.6) is 0 Å². The fourth-order valence-corrected chi connectivity index (χ4v) is 1.48. The Balaban J connectivity index is -0.0000000873. The molecule has 0 aliphatic heterocycles. The fraction of sp³-hybridized carbons (Fsp3) is 0.600. The molecule has 0 aliphatic rings. The van der Waals surface area contributed by atoms with Crippen LogP contribution < -0.4 is 0 Å². The molecule has 0 aromatic carbocycles. The van der Waals surface area contributed by atoms with Crippen molar-refractivity contribution in [1.29, 1.82) is 0 Å². The number of ketones is 8. The average molecular weight is 500 g/mol. The molecule has 29 heavy (non-hydrogen) atoms. The molecule has 0 bridgehead atoms. The molecular formula is C20H40O8Zr+8. The van der Waals surface area contributed by atoms with Gasteiger partial charge in [-0.05, 0) is 0 Å². The van der Waals surface area contributed by atoms with Crippen LogP contribution >= 0.6 is 0 Å². The van der Waals surface area contributed by atoms with Crippen LogP contribution in [0.3, 0.4) is 0 Å². The van der Waals surface area contributed by atoms with Crippen molar-refractivity contribution in [3.05, 3.63) is 0 Å². The summed E-state index contributed by atoms with van der Waals surface area (Å²) in [5.74, 6) is 2.00. The molecule has 0 atom stereocenters. The number of rotatable bonds is 8. The van der Waals surface area contributed by atoms with Crippen molar-refractivity contribution in [1.82, 2.24) is 0 Å². The van der Waals surface area contributed by atoms with Gasteiger partial charge in [0.15, 0.2) is 25.7 Å². The van der Waals surface area contributed by atoms with E-state index >= 15 is 0 Å². The maximum atomic E-state index is 8.46. The van der Waals surface area contributed by atoms with Crippen LogP contribution in [0.4, 0.5) is 0 Å². The molecule has 0 aromatic heterocycles. The van der Waals surface area contributed by atoms with Crippen LogP contribution in [0.1, 0.15) is 81.1 Å². The van der Waals surface area contributed by atoms with Crippen molar-refractivity contribution in [2.45, 2.75) is 81.1 Å². The smallest absolute Gasteiger partial charge is 0.283 e. The zero-order valence-electron chi connectivity index (χ0n) is 18.9. The van der Waals surface area contributed by atoms with Gasteiger partial charge in [-0.2, -0.15) is 0 Å². The maximum Gasteiger partial charge on any atom is 0.302 e. The Kier molecular flexibility index (Phi) is 31.8. The molecule has 0 amide bonds. The van der Waals surface area contributed by atoms with E-state index in [2.05, 4.69) is 0 Å². The van der Waals surface area contributed by atoms with Gasteiger partial charge < -0.3 is 0 Å². The molecule has 9 heteroatoms. The Morgan fingerprint density at radius 2 is 0.379 bits per heavy atom. The Hall–Kier alpha value is -1.76. The molecule has 0 unspecified atom stereocenters. The first-order valence-electron chi connectivity index (χ1n) is 8.62. The molecule has 0 aromatic rings. The normalized spacial score (nSPS) is 8.00. The van der Waals surface area contributed by atoms with Crippen molar-refractivity contribution in [2.75, 3.05) is 0 Å². The van der Waals surface area contributed by atoms with E-state index in [1.807, 2.05) is 0 Å². The third kappa shape index (κ3) is 76.0. The van der Waals surface area contributed by atoms with Gasteiger partial charge in [-0.15, -0.1) is 0 Å². The van der Waals surface area contributed by atoms with Gasteiger partial charge in [0.05, 0.1) is 0 Å². The standard InChI is InChI=1S/4C5H8O2.Zr/c4*1-4(6)3-5(2)7;/h4*3H2,1-2H3;/p+8. The van der Waals surface area contributed by atoms with Crippen LogP contribution in [0.2, 0.25) is 0 Å². The molecular weight excluding hydrogens is 459 g/mol. The van der Waals surface area contributed by atoms with Crippen LogP contribution in [0.15, 0.2) is 0 Å². The van der Waals surface area contributed by atoms with E-state index in [1.165, 1.54) is 0 Å². The predicted molar refractivity (Wildman–Crippen MR) is 119 cm³/mol. The minimum Gasteiger partial charge on any atom is -0.283 e. The van der Waals surface area contributed by atoms with E-state index in [0.29, 0.717) is 25.7 Å². The number of carbonyl (C=O) groups excluding carboxylic acids is 8. The van der Waals surface area contributed by atoms with Crippen LogP contribution in [-0.4, -0.2) is 84.6 Å². The minimum atomic E-state index is 0. The fourth-order valence-electron chi connectivity index (χ4n) is 1.48. The van der Waals surface area contributed by atoms with Crippen LogP contribution in [0.25, 0.3) is 0 Å². The molecule has 0 saturated heterocycles. The second kappa shape index (κ2) is 24.3. The molecule has 0 saturated carbocycles. The second-order valence-electron chi connectivity index (χ2n) is 6.59. The summed E-state index contributed by atoms with van der Waals surface area (Å²) in [4.78, 5) is 67.7. The Morgan fingerprint density at radius 1 is 0.310 bits per heavy atom. The van der Waals surface area contributed by atoms with Crippen molar-refractivity contribution in [2.24, 2.45) is 0 Å². The van der Waals surface area contributed by atoms with Gasteiger partial charge >= 0.3 is 46.3 Å². The molecule has 0 radical (unpaired) electrons. The zero-order chi connectivity index (χ0) is 23.4. The monoisotopic (exact) mass is 498 g/mol. The van der Waals surface area contributed by atoms with E-state index in [4.69, 9.17) is 38.4 Å². The Morgan fingerprint density at radius 3 is 0.379 bits per heavy atom. The van der Waals surface area contributed by atoms with Crippen molar-refractivity contribution < 1.29 is 64.6 Å². The van der Waals surface area contributed by atoms with Crippen molar-refractivity contribution in [3.8, 4) is 0 Å². The second-order valence-corrected chi connectivity index (χ2v) is 6.59. The number of hydrogen-bond donors (Lipinski definition) is 0. The summed E-state index contributed by atoms with van der Waals surface area (Å²) in [5, 5.41) is 0. The summed E-state index contributed by atoms with van der Waals surface area (Å²) in [6.45, 7) is 12.4. The number of hydrogen-bond acceptors (Lipinski definition) is 0. The molecule has 0 spiro atoms. The molecule has 8 N–H and O–H groups in total. The summed E-state index contributed by atoms with van der Waals surface area (Å²) < 4.78 is 0. The molecule has 0 aliphatic carbocycles. The molecule has 8 nitrogen and oxygen atoms in total. The summed E-state index contributed by atoms with van der Waals surface area (Å²) in [7, 11) is 0. The molecule has 0 fully saturated rings. The van der Waals surface area contributed by atoms with Gasteiger partial charge in [0.2, 0.25) is 0 Å². The first kappa shape index (κ1) is 37.9. The van der Waals surface area contributed by atoms with E-state index in [0.717, 1.165) is 0 Å². The topological polar surface area (TPSA) is 171 Å². The third-order valence-electron chi connectivity index (χ3n) is 2.05. The van der Waals surface area contributed by atoms with Gasteiger partial charge in [-0.1, -0.05) is 0 Å². The SMILES string of the molecule is CC(=[OH+])CC(C)=[OH+].CC(=[OH+])CC(C)=[OH+].CC(=[OH+])CC(C)=[OH+].CC(=[OH+])CC(C)=[OH+].[Zr]. The summed E-state index contributed by atoms with van der Waals surface area (Å²) in [5.41, 5.74) is 0. The van der Waals surface area contributed by atoms with Gasteiger partial charge in [0, 0.05) is 81.6 Å². The van der Waals surface area contributed by atoms with E-state index < -0.39 is 0 Å². The van der Waals surface area contributed by atoms with Crippen LogP contribution in [-0.2, 0) is 26.2 Å². The molecule has 0 rings (SSSR count). The summed E-state index contributed by atoms with van der Waals surface area (Å²) >= 11 is 0. The predicted octanol–water partition coefficient (Wildman–Crippen LogP) is 2.02. The van der Waals surface area contributed by atoms with Gasteiger partial charge in [-0.25, -0.2) is 0 Å². The molecule has 164 valence electrons. The van der Waals surface area contributed by atoms with E-state index in [-0.39, 0.29) is 72.5 Å². The quantitative estimate of drug-likeness (QED) is 0.351. The van der Waals surface area contributed by atoms with E-state index in [1.54, 1.807) is 55.4 Å². The largest absolute Gasteiger partial charge is 0.302 e. The average Bonchev–Trinajstić information content (AvgIpc) is 2.32. The first-order chi connectivity index (χ1) is 12.5. The summed E-state index contributed by atoms with van der Waals surface area (Å²) in [6.07, 6.45) is 1.22. The third-order valence-corrected chi connectivity index (χ3v) is 2.05. The minimum absolute atomic E-state index is 0. The Labute approximate surface area is 191 Å². The van der Waals surface area contributed by atoms with Gasteiger partial charge in [0.25, 0.3) is 0 Å². The first-order valence-corrected chi connectivity index (χ1v) is 8.62. The maximum absolute atomic E-state index is 8.46. The van der Waals surface area contributed by atoms with E-state index in [9.17, 15) is 0 Å². The molecule has 0 heterocycles. The van der Waals surface area contributed by atoms with Gasteiger partial charge in [0.1, 0.15) is 0 Å².